The smallest absolute Gasteiger partial charge is 0.282 e. The van der Waals surface area contributed by atoms with Gasteiger partial charge in [0, 0.05) is 23.2 Å². The summed E-state index contributed by atoms with van der Waals surface area (Å²) in [6, 6.07) is 5.29. The number of terminal acetylenes is 1. The molecule has 1 aromatic carbocycles. The molecule has 0 aliphatic rings. The van der Waals surface area contributed by atoms with E-state index >= 15 is 0 Å². The number of nitrogens with one attached hydrogen (secondary N) is 3. The number of amides is 2. The van der Waals surface area contributed by atoms with Gasteiger partial charge in [-0.05, 0) is 38.1 Å². The number of fused-ring (bicyclic) bond motifs is 1. The topological polar surface area (TPSA) is 118 Å². The fourth-order valence-electron chi connectivity index (χ4n) is 3.44. The van der Waals surface area contributed by atoms with Gasteiger partial charge < -0.3 is 10.6 Å². The molecular weight excluding hydrogens is 480 g/mol. The summed E-state index contributed by atoms with van der Waals surface area (Å²) < 4.78 is 27.8. The molecule has 0 unspecified atom stereocenters. The van der Waals surface area contributed by atoms with Crippen molar-refractivity contribution in [3.8, 4) is 18.2 Å². The summed E-state index contributed by atoms with van der Waals surface area (Å²) in [6.07, 6.45) is 5.58. The molecule has 0 bridgehead atoms. The van der Waals surface area contributed by atoms with Gasteiger partial charge in [0.1, 0.15) is 11.4 Å². The van der Waals surface area contributed by atoms with Crippen LogP contribution >= 0.6 is 11.6 Å². The molecule has 0 spiro atoms. The molecule has 0 saturated carbocycles. The van der Waals surface area contributed by atoms with Crippen molar-refractivity contribution >= 4 is 40.0 Å². The van der Waals surface area contributed by atoms with E-state index in [2.05, 4.69) is 36.8 Å². The second-order valence-electron chi connectivity index (χ2n) is 7.71. The quantitative estimate of drug-likeness (QED) is 0.347. The first-order chi connectivity index (χ1) is 16.7. The number of benzene rings is 1. The van der Waals surface area contributed by atoms with Crippen molar-refractivity contribution in [1.29, 1.82) is 0 Å². The van der Waals surface area contributed by atoms with E-state index in [0.717, 1.165) is 10.7 Å². The molecule has 178 valence electrons. The third-order valence-electron chi connectivity index (χ3n) is 4.90. The normalized spacial score (nSPS) is 11.1. The van der Waals surface area contributed by atoms with E-state index in [0.29, 0.717) is 10.9 Å². The SMILES string of the molecule is C#Cc1cc2cn[nH]c2c(C(=O)NC(C)C)c1NC(=O)c1cc(C(F)F)nn1-c1ncccc1Cl. The number of pyridine rings is 1. The number of aromatic nitrogens is 5. The number of nitrogens with zero attached hydrogens (tertiary/aromatic N) is 4. The fourth-order valence-corrected chi connectivity index (χ4v) is 3.64. The van der Waals surface area contributed by atoms with E-state index in [9.17, 15) is 18.4 Å². The van der Waals surface area contributed by atoms with Crippen molar-refractivity contribution < 1.29 is 18.4 Å². The summed E-state index contributed by atoms with van der Waals surface area (Å²) in [5.41, 5.74) is -0.360. The molecule has 9 nitrogen and oxygen atoms in total. The summed E-state index contributed by atoms with van der Waals surface area (Å²) >= 11 is 6.17. The number of hydrogen-bond donors (Lipinski definition) is 3. The number of hydrogen-bond acceptors (Lipinski definition) is 5. The number of H-pyrrole nitrogens is 1. The Hall–Kier alpha value is -4.30. The van der Waals surface area contributed by atoms with E-state index in [1.54, 1.807) is 26.0 Å². The number of carbonyl (C=O) groups excluding carboxylic acids is 2. The number of alkyl halides is 2. The molecule has 4 aromatic rings. The standard InChI is InChI=1S/C23H18ClF2N7O2/c1-4-12-8-13-10-28-31-19(13)17(23(35)29-11(2)3)18(12)30-22(34)16-9-15(20(25)26)32-33(16)21-14(24)6-5-7-27-21/h1,5-11,20H,2-3H3,(H,28,31)(H,29,35)(H,30,34). The van der Waals surface area contributed by atoms with Crippen molar-refractivity contribution in [2.24, 2.45) is 0 Å². The average molecular weight is 498 g/mol. The van der Waals surface area contributed by atoms with Gasteiger partial charge in [0.15, 0.2) is 5.82 Å². The van der Waals surface area contributed by atoms with E-state index < -0.39 is 23.9 Å². The van der Waals surface area contributed by atoms with Crippen molar-refractivity contribution in [2.45, 2.75) is 26.3 Å². The molecular formula is C23H18ClF2N7O2. The maximum Gasteiger partial charge on any atom is 0.282 e. The highest BCUT2D eigenvalue weighted by Gasteiger charge is 2.27. The molecule has 0 atom stereocenters. The summed E-state index contributed by atoms with van der Waals surface area (Å²) in [5.74, 6) is 1.05. The zero-order valence-corrected chi connectivity index (χ0v) is 19.2. The van der Waals surface area contributed by atoms with Crippen LogP contribution in [-0.4, -0.2) is 42.8 Å². The molecule has 3 heterocycles. The molecule has 0 fully saturated rings. The molecule has 0 aliphatic carbocycles. The van der Waals surface area contributed by atoms with Gasteiger partial charge in [0.05, 0.1) is 28.0 Å². The predicted octanol–water partition coefficient (Wildman–Crippen LogP) is 4.11. The average Bonchev–Trinajstić information content (AvgIpc) is 3.45. The van der Waals surface area contributed by atoms with Crippen LogP contribution in [0.15, 0.2) is 36.7 Å². The van der Waals surface area contributed by atoms with Crippen molar-refractivity contribution in [3.63, 3.8) is 0 Å². The molecule has 3 aromatic heterocycles. The Kier molecular flexibility index (Phi) is 6.48. The van der Waals surface area contributed by atoms with E-state index in [-0.39, 0.29) is 39.4 Å². The Bertz CT molecular complexity index is 1490. The lowest BCUT2D eigenvalue weighted by Crippen LogP contribution is -2.31. The highest BCUT2D eigenvalue weighted by molar-refractivity contribution is 6.32. The van der Waals surface area contributed by atoms with Crippen LogP contribution in [0, 0.1) is 12.3 Å². The van der Waals surface area contributed by atoms with Crippen LogP contribution in [0.4, 0.5) is 14.5 Å². The Morgan fingerprint density at radius 1 is 1.26 bits per heavy atom. The highest BCUT2D eigenvalue weighted by atomic mass is 35.5. The zero-order valence-electron chi connectivity index (χ0n) is 18.4. The van der Waals surface area contributed by atoms with E-state index in [4.69, 9.17) is 18.0 Å². The monoisotopic (exact) mass is 497 g/mol. The van der Waals surface area contributed by atoms with Gasteiger partial charge in [0.25, 0.3) is 18.2 Å². The van der Waals surface area contributed by atoms with E-state index in [1.165, 1.54) is 18.5 Å². The molecule has 35 heavy (non-hydrogen) atoms. The van der Waals surface area contributed by atoms with Gasteiger partial charge >= 0.3 is 0 Å². The fraction of sp³-hybridized carbons (Fsp3) is 0.174. The molecule has 4 rings (SSSR count). The van der Waals surface area contributed by atoms with Crippen LogP contribution in [0.25, 0.3) is 16.7 Å². The Morgan fingerprint density at radius 3 is 2.69 bits per heavy atom. The zero-order chi connectivity index (χ0) is 25.3. The second-order valence-corrected chi connectivity index (χ2v) is 8.12. The van der Waals surface area contributed by atoms with Gasteiger partial charge in [-0.25, -0.2) is 18.4 Å². The number of aromatic amines is 1. The summed E-state index contributed by atoms with van der Waals surface area (Å²) in [6.45, 7) is 3.54. The maximum absolute atomic E-state index is 13.5. The molecule has 0 aliphatic heterocycles. The third kappa shape index (κ3) is 4.56. The van der Waals surface area contributed by atoms with Crippen molar-refractivity contribution in [1.82, 2.24) is 30.3 Å². The minimum absolute atomic E-state index is 0.00543. The lowest BCUT2D eigenvalue weighted by atomic mass is 10.0. The summed E-state index contributed by atoms with van der Waals surface area (Å²) in [5, 5.41) is 16.5. The van der Waals surface area contributed by atoms with Gasteiger partial charge in [-0.3, -0.25) is 14.7 Å². The first-order valence-corrected chi connectivity index (χ1v) is 10.7. The van der Waals surface area contributed by atoms with E-state index in [1.807, 2.05) is 0 Å². The number of halogens is 3. The lowest BCUT2D eigenvalue weighted by Gasteiger charge is -2.16. The van der Waals surface area contributed by atoms with Gasteiger partial charge in [-0.1, -0.05) is 17.5 Å². The lowest BCUT2D eigenvalue weighted by molar-refractivity contribution is 0.0945. The predicted molar refractivity (Wildman–Crippen MR) is 126 cm³/mol. The Balaban J connectivity index is 1.86. The first kappa shape index (κ1) is 23.8. The van der Waals surface area contributed by atoms with Crippen LogP contribution in [0.1, 0.15) is 52.4 Å². The number of rotatable bonds is 6. The van der Waals surface area contributed by atoms with Crippen molar-refractivity contribution in [2.75, 3.05) is 5.32 Å². The molecule has 12 heteroatoms. The van der Waals surface area contributed by atoms with Gasteiger partial charge in [-0.15, -0.1) is 6.42 Å². The van der Waals surface area contributed by atoms with Crippen LogP contribution < -0.4 is 10.6 Å². The van der Waals surface area contributed by atoms with Crippen LogP contribution in [0.2, 0.25) is 5.02 Å². The molecule has 0 saturated heterocycles. The summed E-state index contributed by atoms with van der Waals surface area (Å²) in [7, 11) is 0. The Labute approximate surface area is 202 Å². The highest BCUT2D eigenvalue weighted by Crippen LogP contribution is 2.30. The number of carbonyl (C=O) groups is 2. The van der Waals surface area contributed by atoms with Crippen molar-refractivity contribution in [3.05, 3.63) is 64.2 Å². The first-order valence-electron chi connectivity index (χ1n) is 10.3. The second kappa shape index (κ2) is 9.52. The third-order valence-corrected chi connectivity index (χ3v) is 5.20. The van der Waals surface area contributed by atoms with Crippen LogP contribution in [0.3, 0.4) is 0 Å². The van der Waals surface area contributed by atoms with Gasteiger partial charge in [0.2, 0.25) is 0 Å². The Morgan fingerprint density at radius 2 is 2.03 bits per heavy atom. The molecule has 0 radical (unpaired) electrons. The van der Waals surface area contributed by atoms with Gasteiger partial charge in [-0.2, -0.15) is 10.2 Å². The van der Waals surface area contributed by atoms with Crippen LogP contribution in [-0.2, 0) is 0 Å². The minimum Gasteiger partial charge on any atom is -0.350 e. The molecule has 2 amide bonds. The minimum atomic E-state index is -2.96. The number of anilines is 1. The van der Waals surface area contributed by atoms with Crippen LogP contribution in [0.5, 0.6) is 0 Å². The summed E-state index contributed by atoms with van der Waals surface area (Å²) in [4.78, 5) is 30.5. The molecule has 3 N–H and O–H groups in total. The maximum atomic E-state index is 13.5. The largest absolute Gasteiger partial charge is 0.350 e.